The lowest BCUT2D eigenvalue weighted by Gasteiger charge is -2.08. The van der Waals surface area contributed by atoms with Crippen LogP contribution in [0, 0.1) is 18.6 Å². The summed E-state index contributed by atoms with van der Waals surface area (Å²) in [7, 11) is 0. The second-order valence-corrected chi connectivity index (χ2v) is 4.29. The van der Waals surface area contributed by atoms with Gasteiger partial charge < -0.3 is 15.6 Å². The van der Waals surface area contributed by atoms with Crippen molar-refractivity contribution in [3.05, 3.63) is 47.5 Å². The fraction of sp³-hybridized carbons (Fsp3) is 0.231. The number of halogens is 2. The molecule has 0 atom stereocenters. The van der Waals surface area contributed by atoms with E-state index in [1.54, 1.807) is 4.57 Å². The molecule has 20 heavy (non-hydrogen) atoms. The van der Waals surface area contributed by atoms with E-state index in [-0.39, 0.29) is 11.3 Å². The van der Waals surface area contributed by atoms with Crippen molar-refractivity contribution in [1.82, 2.24) is 9.55 Å². The summed E-state index contributed by atoms with van der Waals surface area (Å²) in [5.41, 5.74) is 5.22. The highest BCUT2D eigenvalue weighted by molar-refractivity contribution is 6.02. The van der Waals surface area contributed by atoms with Gasteiger partial charge in [-0.15, -0.1) is 0 Å². The van der Waals surface area contributed by atoms with E-state index in [2.05, 4.69) is 10.3 Å². The average Bonchev–Trinajstić information content (AvgIpc) is 2.88. The number of benzene rings is 1. The molecule has 0 aliphatic carbocycles. The van der Waals surface area contributed by atoms with Gasteiger partial charge in [0.1, 0.15) is 17.2 Å². The first-order chi connectivity index (χ1) is 9.52. The number of aromatic nitrogens is 2. The number of aryl methyl sites for hydroxylation is 1. The minimum atomic E-state index is -0.831. The second kappa shape index (κ2) is 5.79. The van der Waals surface area contributed by atoms with E-state index in [4.69, 9.17) is 5.73 Å². The predicted octanol–water partition coefficient (Wildman–Crippen LogP) is 1.68. The van der Waals surface area contributed by atoms with Crippen molar-refractivity contribution in [2.24, 2.45) is 5.73 Å². The topological polar surface area (TPSA) is 72.9 Å². The first kappa shape index (κ1) is 14.1. The van der Waals surface area contributed by atoms with Crippen LogP contribution in [-0.4, -0.2) is 22.0 Å². The molecule has 3 N–H and O–H groups in total. The molecule has 0 bridgehead atoms. The fourth-order valence-corrected chi connectivity index (χ4v) is 1.70. The molecule has 7 heteroatoms. The maximum absolute atomic E-state index is 13.8. The third-order valence-electron chi connectivity index (χ3n) is 2.78. The molecule has 0 aliphatic rings. The first-order valence-corrected chi connectivity index (χ1v) is 6.00. The van der Waals surface area contributed by atoms with Crippen LogP contribution >= 0.6 is 0 Å². The molecule has 1 amide bonds. The SMILES string of the molecule is Cc1ccc(F)c(NC(=O)c2cn(CCN)cn2)c1F. The number of hydrogen-bond donors (Lipinski definition) is 2. The lowest BCUT2D eigenvalue weighted by atomic mass is 10.2. The van der Waals surface area contributed by atoms with Crippen LogP contribution in [0.1, 0.15) is 16.1 Å². The molecule has 1 aromatic carbocycles. The highest BCUT2D eigenvalue weighted by Gasteiger charge is 2.16. The molecule has 5 nitrogen and oxygen atoms in total. The van der Waals surface area contributed by atoms with Crippen molar-refractivity contribution in [3.63, 3.8) is 0 Å². The van der Waals surface area contributed by atoms with Crippen LogP contribution in [0.25, 0.3) is 0 Å². The van der Waals surface area contributed by atoms with Gasteiger partial charge in [-0.25, -0.2) is 13.8 Å². The maximum Gasteiger partial charge on any atom is 0.276 e. The molecule has 0 radical (unpaired) electrons. The zero-order chi connectivity index (χ0) is 14.7. The molecule has 0 saturated carbocycles. The molecule has 1 aromatic heterocycles. The summed E-state index contributed by atoms with van der Waals surface area (Å²) in [5.74, 6) is -2.30. The summed E-state index contributed by atoms with van der Waals surface area (Å²) in [6, 6.07) is 2.40. The summed E-state index contributed by atoms with van der Waals surface area (Å²) in [6.45, 7) is 2.40. The molecule has 0 unspecified atom stereocenters. The maximum atomic E-state index is 13.8. The van der Waals surface area contributed by atoms with E-state index < -0.39 is 23.2 Å². The van der Waals surface area contributed by atoms with E-state index in [0.29, 0.717) is 13.1 Å². The summed E-state index contributed by atoms with van der Waals surface area (Å²) in [4.78, 5) is 15.8. The van der Waals surface area contributed by atoms with Crippen LogP contribution in [0.2, 0.25) is 0 Å². The van der Waals surface area contributed by atoms with Crippen molar-refractivity contribution >= 4 is 11.6 Å². The number of carbonyl (C=O) groups is 1. The molecule has 2 aromatic rings. The van der Waals surface area contributed by atoms with E-state index in [1.807, 2.05) is 0 Å². The number of imidazole rings is 1. The van der Waals surface area contributed by atoms with Crippen molar-refractivity contribution < 1.29 is 13.6 Å². The second-order valence-electron chi connectivity index (χ2n) is 4.29. The Morgan fingerprint density at radius 2 is 2.20 bits per heavy atom. The van der Waals surface area contributed by atoms with Gasteiger partial charge in [-0.05, 0) is 18.6 Å². The highest BCUT2D eigenvalue weighted by Crippen LogP contribution is 2.22. The molecular formula is C13H14F2N4O. The molecule has 1 heterocycles. The van der Waals surface area contributed by atoms with Crippen LogP contribution in [0.15, 0.2) is 24.7 Å². The average molecular weight is 280 g/mol. The number of carbonyl (C=O) groups excluding carboxylic acids is 1. The molecule has 0 fully saturated rings. The van der Waals surface area contributed by atoms with Crippen LogP contribution in [0.5, 0.6) is 0 Å². The fourth-order valence-electron chi connectivity index (χ4n) is 1.70. The minimum Gasteiger partial charge on any atom is -0.335 e. The van der Waals surface area contributed by atoms with Gasteiger partial charge in [-0.2, -0.15) is 0 Å². The molecule has 0 saturated heterocycles. The Balaban J connectivity index is 2.21. The largest absolute Gasteiger partial charge is 0.335 e. The molecule has 106 valence electrons. The number of hydrogen-bond acceptors (Lipinski definition) is 3. The van der Waals surface area contributed by atoms with E-state index >= 15 is 0 Å². The van der Waals surface area contributed by atoms with Crippen LogP contribution in [0.4, 0.5) is 14.5 Å². The predicted molar refractivity (Wildman–Crippen MR) is 70.3 cm³/mol. The Morgan fingerprint density at radius 3 is 2.90 bits per heavy atom. The van der Waals surface area contributed by atoms with E-state index in [0.717, 1.165) is 6.07 Å². The summed E-state index contributed by atoms with van der Waals surface area (Å²) >= 11 is 0. The van der Waals surface area contributed by atoms with Gasteiger partial charge in [-0.3, -0.25) is 4.79 Å². The smallest absolute Gasteiger partial charge is 0.276 e. The summed E-state index contributed by atoms with van der Waals surface area (Å²) in [5, 5.41) is 2.20. The normalized spacial score (nSPS) is 10.6. The Kier molecular flexibility index (Phi) is 4.09. The van der Waals surface area contributed by atoms with Gasteiger partial charge in [0.2, 0.25) is 0 Å². The number of rotatable bonds is 4. The van der Waals surface area contributed by atoms with Crippen LogP contribution in [0.3, 0.4) is 0 Å². The van der Waals surface area contributed by atoms with E-state index in [1.165, 1.54) is 25.5 Å². The lowest BCUT2D eigenvalue weighted by molar-refractivity contribution is 0.102. The van der Waals surface area contributed by atoms with Gasteiger partial charge in [0.25, 0.3) is 5.91 Å². The number of nitrogens with zero attached hydrogens (tertiary/aromatic N) is 2. The standard InChI is InChI=1S/C13H14F2N4O/c1-8-2-3-9(14)12(11(8)15)18-13(20)10-6-19(5-4-16)7-17-10/h2-3,6-7H,4-5,16H2,1H3,(H,18,20). The Labute approximate surface area is 114 Å². The molecule has 2 rings (SSSR count). The number of amides is 1. The molecular weight excluding hydrogens is 266 g/mol. The monoisotopic (exact) mass is 280 g/mol. The van der Waals surface area contributed by atoms with Gasteiger partial charge in [-0.1, -0.05) is 6.07 Å². The van der Waals surface area contributed by atoms with Gasteiger partial charge >= 0.3 is 0 Å². The first-order valence-electron chi connectivity index (χ1n) is 6.00. The highest BCUT2D eigenvalue weighted by atomic mass is 19.1. The number of anilines is 1. The Hall–Kier alpha value is -2.28. The Morgan fingerprint density at radius 1 is 1.45 bits per heavy atom. The number of nitrogens with two attached hydrogens (primary N) is 1. The summed E-state index contributed by atoms with van der Waals surface area (Å²) < 4.78 is 28.9. The van der Waals surface area contributed by atoms with Crippen molar-refractivity contribution in [3.8, 4) is 0 Å². The van der Waals surface area contributed by atoms with Crippen molar-refractivity contribution in [1.29, 1.82) is 0 Å². The van der Waals surface area contributed by atoms with Crippen molar-refractivity contribution in [2.45, 2.75) is 13.5 Å². The van der Waals surface area contributed by atoms with Gasteiger partial charge in [0.05, 0.1) is 6.33 Å². The number of nitrogens with one attached hydrogen (secondary N) is 1. The zero-order valence-corrected chi connectivity index (χ0v) is 10.9. The quantitative estimate of drug-likeness (QED) is 0.895. The summed E-state index contributed by atoms with van der Waals surface area (Å²) in [6.07, 6.45) is 2.90. The third kappa shape index (κ3) is 2.83. The third-order valence-corrected chi connectivity index (χ3v) is 2.78. The van der Waals surface area contributed by atoms with Crippen LogP contribution in [-0.2, 0) is 6.54 Å². The van der Waals surface area contributed by atoms with E-state index in [9.17, 15) is 13.6 Å². The van der Waals surface area contributed by atoms with Gasteiger partial charge in [0, 0.05) is 19.3 Å². The van der Waals surface area contributed by atoms with Gasteiger partial charge in [0.15, 0.2) is 5.82 Å². The molecule has 0 aliphatic heterocycles. The zero-order valence-electron chi connectivity index (χ0n) is 10.9. The van der Waals surface area contributed by atoms with Crippen LogP contribution < -0.4 is 11.1 Å². The minimum absolute atomic E-state index is 0.0683. The van der Waals surface area contributed by atoms with Crippen molar-refractivity contribution in [2.75, 3.05) is 11.9 Å². The lowest BCUT2D eigenvalue weighted by Crippen LogP contribution is -2.15. The Bertz CT molecular complexity index is 639. The molecule has 0 spiro atoms.